The molecule has 0 aliphatic heterocycles. The van der Waals surface area contributed by atoms with Crippen LogP contribution in [-0.4, -0.2) is 5.11 Å². The molecule has 2 heteroatoms. The zero-order valence-electron chi connectivity index (χ0n) is 17.4. The van der Waals surface area contributed by atoms with Crippen LogP contribution in [0.15, 0.2) is 78.4 Å². The quantitative estimate of drug-likeness (QED) is 0.337. The van der Waals surface area contributed by atoms with Crippen molar-refractivity contribution in [2.45, 2.75) is 32.8 Å². The molecule has 4 aromatic carbocycles. The Morgan fingerprint density at radius 3 is 2.10 bits per heavy atom. The van der Waals surface area contributed by atoms with Gasteiger partial charge in [0.25, 0.3) is 0 Å². The molecule has 2 atom stereocenters. The van der Waals surface area contributed by atoms with Crippen LogP contribution >= 0.6 is 0 Å². The lowest BCUT2D eigenvalue weighted by atomic mass is 9.99. The summed E-state index contributed by atoms with van der Waals surface area (Å²) >= 11 is 0. The van der Waals surface area contributed by atoms with E-state index in [1.807, 2.05) is 12.1 Å². The first-order chi connectivity index (χ1) is 14.1. The normalized spacial score (nSPS) is 18.8. The fourth-order valence-electron chi connectivity index (χ4n) is 4.87. The highest BCUT2D eigenvalue weighted by atomic mass is 19.0. The van der Waals surface area contributed by atoms with Crippen molar-refractivity contribution in [3.63, 3.8) is 0 Å². The molecule has 0 aromatic heterocycles. The van der Waals surface area contributed by atoms with E-state index >= 15 is 0 Å². The van der Waals surface area contributed by atoms with Gasteiger partial charge in [0.2, 0.25) is 0 Å². The summed E-state index contributed by atoms with van der Waals surface area (Å²) in [5, 5.41) is 15.3. The summed E-state index contributed by atoms with van der Waals surface area (Å²) in [6.45, 7) is 4.31. The molecule has 1 N–H and O–H groups in total. The van der Waals surface area contributed by atoms with Gasteiger partial charge in [0.05, 0.1) is 6.10 Å². The number of aliphatic hydroxyl groups excluding tert-OH is 1. The standard InChI is InChI=1S/C14H14O.C14H12.FH/c1-9-8-11-7-6-10-4-2-3-5-12(10)13(11)14(9)15;1-10-8-12-7-6-11-4-2-3-5-13(11)14(12)9-10;/h2-7,9,14-15H,8H2,1H3;2-7,9H,8H2,1H3;1H. The molecular formula is C28H27FO. The van der Waals surface area contributed by atoms with Crippen molar-refractivity contribution in [2.24, 2.45) is 5.92 Å². The van der Waals surface area contributed by atoms with Crippen molar-refractivity contribution in [2.75, 3.05) is 0 Å². The lowest BCUT2D eigenvalue weighted by Gasteiger charge is -2.11. The summed E-state index contributed by atoms with van der Waals surface area (Å²) in [5.41, 5.74) is 6.84. The highest BCUT2D eigenvalue weighted by Crippen LogP contribution is 2.40. The number of hydrogen-bond donors (Lipinski definition) is 1. The van der Waals surface area contributed by atoms with Crippen LogP contribution in [0.25, 0.3) is 27.6 Å². The van der Waals surface area contributed by atoms with Gasteiger partial charge < -0.3 is 5.11 Å². The van der Waals surface area contributed by atoms with E-state index in [0.717, 1.165) is 18.4 Å². The molecule has 0 saturated carbocycles. The second kappa shape index (κ2) is 8.04. The molecule has 2 unspecified atom stereocenters. The Balaban J connectivity index is 0.000000141. The van der Waals surface area contributed by atoms with Gasteiger partial charge in [-0.2, -0.15) is 0 Å². The van der Waals surface area contributed by atoms with Gasteiger partial charge in [0.15, 0.2) is 0 Å². The van der Waals surface area contributed by atoms with Gasteiger partial charge in [-0.25, -0.2) is 0 Å². The van der Waals surface area contributed by atoms with E-state index in [9.17, 15) is 5.11 Å². The number of rotatable bonds is 0. The van der Waals surface area contributed by atoms with E-state index in [4.69, 9.17) is 0 Å². The van der Waals surface area contributed by atoms with Gasteiger partial charge in [0, 0.05) is 0 Å². The van der Waals surface area contributed by atoms with Gasteiger partial charge in [-0.3, -0.25) is 4.70 Å². The smallest absolute Gasteiger partial charge is 0.0827 e. The minimum atomic E-state index is -0.286. The molecule has 4 aromatic rings. The third kappa shape index (κ3) is 3.42. The molecule has 152 valence electrons. The maximum absolute atomic E-state index is 10.1. The first-order valence-corrected chi connectivity index (χ1v) is 10.5. The van der Waals surface area contributed by atoms with Gasteiger partial charge in [-0.15, -0.1) is 0 Å². The Hall–Kier alpha value is -2.97. The fraction of sp³-hybridized carbons (Fsp3) is 0.214. The number of allylic oxidation sites excluding steroid dienone is 1. The first-order valence-electron chi connectivity index (χ1n) is 10.5. The Labute approximate surface area is 177 Å². The summed E-state index contributed by atoms with van der Waals surface area (Å²) in [6.07, 6.45) is 4.16. The number of benzene rings is 4. The van der Waals surface area contributed by atoms with Gasteiger partial charge in [0.1, 0.15) is 0 Å². The fourth-order valence-corrected chi connectivity index (χ4v) is 4.87. The Kier molecular flexibility index (Phi) is 5.44. The maximum atomic E-state index is 10.1. The van der Waals surface area contributed by atoms with Crippen molar-refractivity contribution >= 4 is 27.6 Å². The van der Waals surface area contributed by atoms with E-state index in [1.165, 1.54) is 43.8 Å². The van der Waals surface area contributed by atoms with Crippen molar-refractivity contribution in [3.05, 3.63) is 101 Å². The van der Waals surface area contributed by atoms with Gasteiger partial charge >= 0.3 is 0 Å². The van der Waals surface area contributed by atoms with Crippen molar-refractivity contribution < 1.29 is 9.81 Å². The molecular weight excluding hydrogens is 371 g/mol. The molecule has 0 radical (unpaired) electrons. The lowest BCUT2D eigenvalue weighted by molar-refractivity contribution is 0.134. The minimum absolute atomic E-state index is 0. The summed E-state index contributed by atoms with van der Waals surface area (Å²) in [7, 11) is 0. The Bertz CT molecular complexity index is 1250. The molecule has 0 spiro atoms. The zero-order chi connectivity index (χ0) is 20.0. The summed E-state index contributed by atoms with van der Waals surface area (Å²) in [5.74, 6) is 0.353. The van der Waals surface area contributed by atoms with E-state index in [2.05, 4.69) is 80.6 Å². The molecule has 1 nitrogen and oxygen atoms in total. The zero-order valence-corrected chi connectivity index (χ0v) is 17.4. The molecule has 0 fully saturated rings. The third-order valence-corrected chi connectivity index (χ3v) is 6.36. The predicted octanol–water partition coefficient (Wildman–Crippen LogP) is 7.02. The molecule has 30 heavy (non-hydrogen) atoms. The lowest BCUT2D eigenvalue weighted by Crippen LogP contribution is -2.01. The molecule has 6 rings (SSSR count). The Morgan fingerprint density at radius 2 is 1.37 bits per heavy atom. The second-order valence-corrected chi connectivity index (χ2v) is 8.51. The number of hydrogen-bond acceptors (Lipinski definition) is 1. The minimum Gasteiger partial charge on any atom is -0.388 e. The van der Waals surface area contributed by atoms with E-state index < -0.39 is 0 Å². The van der Waals surface area contributed by atoms with E-state index in [1.54, 1.807) is 0 Å². The molecule has 0 saturated heterocycles. The van der Waals surface area contributed by atoms with Crippen LogP contribution in [0.4, 0.5) is 4.70 Å². The first kappa shape index (κ1) is 20.3. The molecule has 2 aliphatic rings. The number of fused-ring (bicyclic) bond motifs is 6. The Morgan fingerprint density at radius 1 is 0.767 bits per heavy atom. The predicted molar refractivity (Wildman–Crippen MR) is 126 cm³/mol. The summed E-state index contributed by atoms with van der Waals surface area (Å²) in [6, 6.07) is 25.7. The van der Waals surface area contributed by atoms with Crippen LogP contribution in [0.5, 0.6) is 0 Å². The molecule has 0 bridgehead atoms. The van der Waals surface area contributed by atoms with Gasteiger partial charge in [-0.05, 0) is 69.5 Å². The monoisotopic (exact) mass is 398 g/mol. The summed E-state index contributed by atoms with van der Waals surface area (Å²) < 4.78 is 0. The summed E-state index contributed by atoms with van der Waals surface area (Å²) in [4.78, 5) is 0. The largest absolute Gasteiger partial charge is 0.388 e. The molecule has 2 aliphatic carbocycles. The van der Waals surface area contributed by atoms with Crippen LogP contribution < -0.4 is 0 Å². The van der Waals surface area contributed by atoms with Crippen LogP contribution in [0.2, 0.25) is 0 Å². The van der Waals surface area contributed by atoms with Crippen LogP contribution in [0.3, 0.4) is 0 Å². The number of halogens is 1. The van der Waals surface area contributed by atoms with Crippen LogP contribution in [-0.2, 0) is 12.8 Å². The number of aliphatic hydroxyl groups is 1. The topological polar surface area (TPSA) is 20.2 Å². The van der Waals surface area contributed by atoms with E-state index in [0.29, 0.717) is 5.92 Å². The second-order valence-electron chi connectivity index (χ2n) is 8.51. The molecule has 0 amide bonds. The molecule has 0 heterocycles. The van der Waals surface area contributed by atoms with Crippen molar-refractivity contribution in [3.8, 4) is 0 Å². The average molecular weight is 399 g/mol. The maximum Gasteiger partial charge on any atom is 0.0827 e. The average Bonchev–Trinajstić information content (AvgIpc) is 3.27. The van der Waals surface area contributed by atoms with E-state index in [-0.39, 0.29) is 10.8 Å². The van der Waals surface area contributed by atoms with Gasteiger partial charge in [-0.1, -0.05) is 91.4 Å². The van der Waals surface area contributed by atoms with Crippen LogP contribution in [0.1, 0.15) is 42.2 Å². The third-order valence-electron chi connectivity index (χ3n) is 6.36. The van der Waals surface area contributed by atoms with Crippen molar-refractivity contribution in [1.29, 1.82) is 0 Å². The highest BCUT2D eigenvalue weighted by molar-refractivity contribution is 5.93. The SMILES string of the molecule is CC1=Cc2c(ccc3ccccc23)C1.CC1Cc2ccc3ccccc3c2C1O.F. The van der Waals surface area contributed by atoms with Crippen molar-refractivity contribution in [1.82, 2.24) is 0 Å². The highest BCUT2D eigenvalue weighted by Gasteiger charge is 2.28. The van der Waals surface area contributed by atoms with Crippen LogP contribution in [0, 0.1) is 5.92 Å².